The summed E-state index contributed by atoms with van der Waals surface area (Å²) in [6.45, 7) is 8.10. The molecular weight excluding hydrogens is 230 g/mol. The van der Waals surface area contributed by atoms with Crippen molar-refractivity contribution in [2.75, 3.05) is 19.8 Å². The zero-order valence-electron chi connectivity index (χ0n) is 11.2. The van der Waals surface area contributed by atoms with Gasteiger partial charge in [0.05, 0.1) is 19.3 Å². The van der Waals surface area contributed by atoms with Crippen LogP contribution in [0.15, 0.2) is 18.2 Å². The number of benzene rings is 1. The Hall–Kier alpha value is -1.26. The number of ether oxygens (including phenoxy) is 2. The Morgan fingerprint density at radius 1 is 1.39 bits per heavy atom. The standard InChI is InChI=1S/C14H21NO3/c1-14(2,3)18-10-4-5-13(16)11(8-10)12-9-17-7-6-15-12/h4-5,8,12,15-16H,6-7,9H2,1-3H3/t12-/m1/s1. The van der Waals surface area contributed by atoms with Crippen molar-refractivity contribution in [1.29, 1.82) is 0 Å². The summed E-state index contributed by atoms with van der Waals surface area (Å²) in [7, 11) is 0. The van der Waals surface area contributed by atoms with E-state index in [-0.39, 0.29) is 17.4 Å². The molecule has 100 valence electrons. The summed E-state index contributed by atoms with van der Waals surface area (Å²) >= 11 is 0. The van der Waals surface area contributed by atoms with Crippen LogP contribution in [-0.2, 0) is 4.74 Å². The van der Waals surface area contributed by atoms with E-state index in [1.54, 1.807) is 12.1 Å². The SMILES string of the molecule is CC(C)(C)Oc1ccc(O)c([C@H]2COCCN2)c1. The predicted octanol–water partition coefficient (Wildman–Crippen LogP) is 2.23. The summed E-state index contributed by atoms with van der Waals surface area (Å²) < 4.78 is 11.2. The molecule has 0 saturated carbocycles. The molecule has 0 aromatic heterocycles. The van der Waals surface area contributed by atoms with Gasteiger partial charge in [-0.05, 0) is 39.0 Å². The van der Waals surface area contributed by atoms with Gasteiger partial charge in [-0.25, -0.2) is 0 Å². The van der Waals surface area contributed by atoms with E-state index in [4.69, 9.17) is 9.47 Å². The van der Waals surface area contributed by atoms with Gasteiger partial charge in [0, 0.05) is 12.1 Å². The molecule has 0 aliphatic carbocycles. The third kappa shape index (κ3) is 3.37. The van der Waals surface area contributed by atoms with Gasteiger partial charge in [0.1, 0.15) is 17.1 Å². The number of phenolic OH excluding ortho intramolecular Hbond substituents is 1. The molecule has 1 aliphatic rings. The number of rotatable bonds is 2. The molecule has 1 heterocycles. The van der Waals surface area contributed by atoms with Gasteiger partial charge in [-0.2, -0.15) is 0 Å². The maximum Gasteiger partial charge on any atom is 0.120 e. The molecule has 0 bridgehead atoms. The van der Waals surface area contributed by atoms with Crippen molar-refractivity contribution in [2.24, 2.45) is 0 Å². The van der Waals surface area contributed by atoms with E-state index >= 15 is 0 Å². The molecule has 2 N–H and O–H groups in total. The van der Waals surface area contributed by atoms with Crippen molar-refractivity contribution in [1.82, 2.24) is 5.32 Å². The van der Waals surface area contributed by atoms with E-state index in [1.807, 2.05) is 26.8 Å². The van der Waals surface area contributed by atoms with E-state index < -0.39 is 0 Å². The van der Waals surface area contributed by atoms with Gasteiger partial charge in [0.2, 0.25) is 0 Å². The van der Waals surface area contributed by atoms with Crippen molar-refractivity contribution in [3.05, 3.63) is 23.8 Å². The van der Waals surface area contributed by atoms with Crippen molar-refractivity contribution in [3.8, 4) is 11.5 Å². The average Bonchev–Trinajstić information content (AvgIpc) is 2.31. The normalized spacial score (nSPS) is 20.7. The first kappa shape index (κ1) is 13.2. The first-order valence-electron chi connectivity index (χ1n) is 6.29. The molecule has 1 atom stereocenters. The van der Waals surface area contributed by atoms with Crippen LogP contribution in [0.3, 0.4) is 0 Å². The lowest BCUT2D eigenvalue weighted by Gasteiger charge is -2.26. The van der Waals surface area contributed by atoms with E-state index in [9.17, 15) is 5.11 Å². The fraction of sp³-hybridized carbons (Fsp3) is 0.571. The number of phenols is 1. The third-order valence-electron chi connectivity index (χ3n) is 2.72. The second-order valence-electron chi connectivity index (χ2n) is 5.52. The van der Waals surface area contributed by atoms with Crippen LogP contribution in [0.2, 0.25) is 0 Å². The maximum absolute atomic E-state index is 9.93. The zero-order valence-corrected chi connectivity index (χ0v) is 11.2. The molecule has 0 unspecified atom stereocenters. The second-order valence-corrected chi connectivity index (χ2v) is 5.52. The Bertz CT molecular complexity index is 406. The monoisotopic (exact) mass is 251 g/mol. The molecule has 0 amide bonds. The Morgan fingerprint density at radius 2 is 2.17 bits per heavy atom. The molecular formula is C14H21NO3. The topological polar surface area (TPSA) is 50.7 Å². The van der Waals surface area contributed by atoms with Gasteiger partial charge in [-0.15, -0.1) is 0 Å². The fourth-order valence-corrected chi connectivity index (χ4v) is 1.99. The van der Waals surface area contributed by atoms with Gasteiger partial charge in [-0.1, -0.05) is 0 Å². The number of hydrogen-bond donors (Lipinski definition) is 2. The first-order valence-corrected chi connectivity index (χ1v) is 6.29. The molecule has 4 nitrogen and oxygen atoms in total. The van der Waals surface area contributed by atoms with Crippen LogP contribution in [-0.4, -0.2) is 30.5 Å². The number of morpholine rings is 1. The summed E-state index contributed by atoms with van der Waals surface area (Å²) in [5.74, 6) is 1.04. The van der Waals surface area contributed by atoms with Crippen molar-refractivity contribution in [3.63, 3.8) is 0 Å². The molecule has 1 aromatic carbocycles. The van der Waals surface area contributed by atoms with Crippen LogP contribution >= 0.6 is 0 Å². The predicted molar refractivity (Wildman–Crippen MR) is 70.1 cm³/mol. The van der Waals surface area contributed by atoms with Gasteiger partial charge >= 0.3 is 0 Å². The van der Waals surface area contributed by atoms with E-state index in [0.717, 1.165) is 24.5 Å². The number of hydrogen-bond acceptors (Lipinski definition) is 4. The smallest absolute Gasteiger partial charge is 0.120 e. The summed E-state index contributed by atoms with van der Waals surface area (Å²) in [5.41, 5.74) is 0.585. The Labute approximate surface area is 108 Å². The lowest BCUT2D eigenvalue weighted by molar-refractivity contribution is 0.0757. The second kappa shape index (κ2) is 5.16. The van der Waals surface area contributed by atoms with Crippen LogP contribution < -0.4 is 10.1 Å². The molecule has 0 spiro atoms. The van der Waals surface area contributed by atoms with Gasteiger partial charge in [0.15, 0.2) is 0 Å². The highest BCUT2D eigenvalue weighted by molar-refractivity contribution is 5.41. The maximum atomic E-state index is 9.93. The molecule has 4 heteroatoms. The fourth-order valence-electron chi connectivity index (χ4n) is 1.99. The Morgan fingerprint density at radius 3 is 2.78 bits per heavy atom. The summed E-state index contributed by atoms with van der Waals surface area (Å²) in [6.07, 6.45) is 0. The summed E-state index contributed by atoms with van der Waals surface area (Å²) in [5, 5.41) is 13.3. The van der Waals surface area contributed by atoms with Crippen molar-refractivity contribution >= 4 is 0 Å². The third-order valence-corrected chi connectivity index (χ3v) is 2.72. The van der Waals surface area contributed by atoms with Gasteiger partial charge in [-0.3, -0.25) is 0 Å². The quantitative estimate of drug-likeness (QED) is 0.846. The van der Waals surface area contributed by atoms with Gasteiger partial charge < -0.3 is 19.9 Å². The van der Waals surface area contributed by atoms with E-state index in [0.29, 0.717) is 6.61 Å². The molecule has 1 fully saturated rings. The molecule has 2 rings (SSSR count). The van der Waals surface area contributed by atoms with Crippen LogP contribution in [0.5, 0.6) is 11.5 Å². The Kier molecular flexibility index (Phi) is 3.78. The summed E-state index contributed by atoms with van der Waals surface area (Å²) in [6, 6.07) is 5.37. The highest BCUT2D eigenvalue weighted by Crippen LogP contribution is 2.31. The van der Waals surface area contributed by atoms with Crippen LogP contribution in [0, 0.1) is 0 Å². The lowest BCUT2D eigenvalue weighted by atomic mass is 10.0. The highest BCUT2D eigenvalue weighted by Gasteiger charge is 2.20. The van der Waals surface area contributed by atoms with E-state index in [2.05, 4.69) is 5.32 Å². The average molecular weight is 251 g/mol. The minimum Gasteiger partial charge on any atom is -0.508 e. The number of aromatic hydroxyl groups is 1. The Balaban J connectivity index is 2.20. The molecule has 1 saturated heterocycles. The lowest BCUT2D eigenvalue weighted by Crippen LogP contribution is -2.34. The molecule has 1 aromatic rings. The minimum atomic E-state index is -0.245. The summed E-state index contributed by atoms with van der Waals surface area (Å²) in [4.78, 5) is 0. The van der Waals surface area contributed by atoms with Crippen LogP contribution in [0.1, 0.15) is 32.4 Å². The zero-order chi connectivity index (χ0) is 13.2. The van der Waals surface area contributed by atoms with Crippen LogP contribution in [0.4, 0.5) is 0 Å². The minimum absolute atomic E-state index is 0.0299. The molecule has 0 radical (unpaired) electrons. The van der Waals surface area contributed by atoms with Gasteiger partial charge in [0.25, 0.3) is 0 Å². The first-order chi connectivity index (χ1) is 8.46. The van der Waals surface area contributed by atoms with Crippen LogP contribution in [0.25, 0.3) is 0 Å². The number of nitrogens with one attached hydrogen (secondary N) is 1. The molecule has 18 heavy (non-hydrogen) atoms. The van der Waals surface area contributed by atoms with Crippen molar-refractivity contribution in [2.45, 2.75) is 32.4 Å². The van der Waals surface area contributed by atoms with Crippen molar-refractivity contribution < 1.29 is 14.6 Å². The molecule has 1 aliphatic heterocycles. The van der Waals surface area contributed by atoms with E-state index in [1.165, 1.54) is 0 Å². The highest BCUT2D eigenvalue weighted by atomic mass is 16.5. The largest absolute Gasteiger partial charge is 0.508 e.